The summed E-state index contributed by atoms with van der Waals surface area (Å²) >= 11 is 0. The number of aryl methyl sites for hydroxylation is 1. The van der Waals surface area contributed by atoms with E-state index in [9.17, 15) is 4.79 Å². The minimum Gasteiger partial charge on any atom is -0.481 e. The lowest BCUT2D eigenvalue weighted by molar-refractivity contribution is -0.147. The molecule has 1 heterocycles. The maximum atomic E-state index is 10.8. The summed E-state index contributed by atoms with van der Waals surface area (Å²) in [6.45, 7) is 5.72. The molecule has 0 atom stereocenters. The van der Waals surface area contributed by atoms with E-state index in [0.29, 0.717) is 6.54 Å². The molecular formula is C9H14N2O2. The van der Waals surface area contributed by atoms with Crippen molar-refractivity contribution < 1.29 is 9.90 Å². The van der Waals surface area contributed by atoms with Crippen LogP contribution in [0.15, 0.2) is 12.5 Å². The van der Waals surface area contributed by atoms with Gasteiger partial charge in [0.15, 0.2) is 0 Å². The van der Waals surface area contributed by atoms with Crippen LogP contribution in [0.1, 0.15) is 19.5 Å². The molecule has 72 valence electrons. The van der Waals surface area contributed by atoms with Crippen LogP contribution in [-0.2, 0) is 11.3 Å². The molecule has 0 aliphatic rings. The highest BCUT2D eigenvalue weighted by atomic mass is 16.4. The van der Waals surface area contributed by atoms with Crippen molar-refractivity contribution in [1.29, 1.82) is 0 Å². The monoisotopic (exact) mass is 182 g/mol. The van der Waals surface area contributed by atoms with Gasteiger partial charge >= 0.3 is 5.97 Å². The molecule has 0 saturated heterocycles. The minimum atomic E-state index is -0.793. The Bertz CT molecular complexity index is 315. The van der Waals surface area contributed by atoms with E-state index < -0.39 is 11.4 Å². The number of aromatic nitrogens is 2. The van der Waals surface area contributed by atoms with E-state index in [4.69, 9.17) is 5.11 Å². The number of carbonyl (C=O) groups is 1. The van der Waals surface area contributed by atoms with Crippen molar-refractivity contribution in [3.05, 3.63) is 18.2 Å². The Morgan fingerprint density at radius 1 is 1.69 bits per heavy atom. The summed E-state index contributed by atoms with van der Waals surface area (Å²) in [5.41, 5.74) is 0.161. The zero-order valence-electron chi connectivity index (χ0n) is 8.11. The molecule has 4 nitrogen and oxygen atoms in total. The molecule has 0 aliphatic heterocycles. The summed E-state index contributed by atoms with van der Waals surface area (Å²) in [4.78, 5) is 14.8. The van der Waals surface area contributed by atoms with Gasteiger partial charge in [-0.05, 0) is 20.8 Å². The van der Waals surface area contributed by atoms with Gasteiger partial charge in [-0.25, -0.2) is 4.98 Å². The molecule has 1 aromatic rings. The fourth-order valence-corrected chi connectivity index (χ4v) is 1.08. The van der Waals surface area contributed by atoms with E-state index in [0.717, 1.165) is 5.69 Å². The lowest BCUT2D eigenvalue weighted by Gasteiger charge is -2.18. The lowest BCUT2D eigenvalue weighted by Crippen LogP contribution is -2.28. The SMILES string of the molecule is Cc1cn(CC(C)(C)C(=O)O)cn1. The lowest BCUT2D eigenvalue weighted by atomic mass is 9.94. The number of carboxylic acids is 1. The summed E-state index contributed by atoms with van der Waals surface area (Å²) in [7, 11) is 0. The van der Waals surface area contributed by atoms with Gasteiger partial charge in [-0.3, -0.25) is 4.79 Å². The average molecular weight is 182 g/mol. The number of carboxylic acid groups (broad SMARTS) is 1. The van der Waals surface area contributed by atoms with Crippen molar-refractivity contribution >= 4 is 5.97 Å². The number of hydrogen-bond acceptors (Lipinski definition) is 2. The Morgan fingerprint density at radius 2 is 2.31 bits per heavy atom. The van der Waals surface area contributed by atoms with E-state index in [2.05, 4.69) is 4.98 Å². The van der Waals surface area contributed by atoms with Gasteiger partial charge in [-0.2, -0.15) is 0 Å². The summed E-state index contributed by atoms with van der Waals surface area (Å²) in [6.07, 6.45) is 3.49. The van der Waals surface area contributed by atoms with Crippen LogP contribution in [0, 0.1) is 12.3 Å². The summed E-state index contributed by atoms with van der Waals surface area (Å²) in [6, 6.07) is 0. The second kappa shape index (κ2) is 3.20. The van der Waals surface area contributed by atoms with Gasteiger partial charge in [0.1, 0.15) is 0 Å². The van der Waals surface area contributed by atoms with E-state index in [1.807, 2.05) is 13.1 Å². The van der Waals surface area contributed by atoms with Crippen LogP contribution in [-0.4, -0.2) is 20.6 Å². The molecule has 1 N–H and O–H groups in total. The summed E-state index contributed by atoms with van der Waals surface area (Å²) in [5, 5.41) is 8.88. The highest BCUT2D eigenvalue weighted by Gasteiger charge is 2.27. The number of rotatable bonds is 3. The Morgan fingerprint density at radius 3 is 2.69 bits per heavy atom. The van der Waals surface area contributed by atoms with Gasteiger partial charge in [-0.15, -0.1) is 0 Å². The summed E-state index contributed by atoms with van der Waals surface area (Å²) in [5.74, 6) is -0.793. The topological polar surface area (TPSA) is 55.1 Å². The Balaban J connectivity index is 2.74. The Kier molecular flexibility index (Phi) is 2.40. The second-order valence-electron chi connectivity index (χ2n) is 3.88. The van der Waals surface area contributed by atoms with Crippen LogP contribution in [0.3, 0.4) is 0 Å². The third kappa shape index (κ3) is 2.31. The predicted molar refractivity (Wildman–Crippen MR) is 48.4 cm³/mol. The van der Waals surface area contributed by atoms with Gasteiger partial charge in [0.05, 0.1) is 17.4 Å². The van der Waals surface area contributed by atoms with Crippen LogP contribution in [0.4, 0.5) is 0 Å². The maximum absolute atomic E-state index is 10.8. The first-order chi connectivity index (χ1) is 5.92. The van der Waals surface area contributed by atoms with Crippen LogP contribution < -0.4 is 0 Å². The highest BCUT2D eigenvalue weighted by Crippen LogP contribution is 2.18. The van der Waals surface area contributed by atoms with Crippen molar-refractivity contribution in [2.45, 2.75) is 27.3 Å². The zero-order valence-corrected chi connectivity index (χ0v) is 8.11. The quantitative estimate of drug-likeness (QED) is 0.766. The molecule has 4 heteroatoms. The number of imidazole rings is 1. The molecule has 0 saturated carbocycles. The third-order valence-corrected chi connectivity index (χ3v) is 1.92. The molecular weight excluding hydrogens is 168 g/mol. The van der Waals surface area contributed by atoms with E-state index in [-0.39, 0.29) is 0 Å². The predicted octanol–water partition coefficient (Wildman–Crippen LogP) is 1.30. The van der Waals surface area contributed by atoms with Crippen molar-refractivity contribution in [1.82, 2.24) is 9.55 Å². The minimum absolute atomic E-state index is 0.448. The first kappa shape index (κ1) is 9.77. The summed E-state index contributed by atoms with van der Waals surface area (Å²) < 4.78 is 1.80. The van der Waals surface area contributed by atoms with Gasteiger partial charge in [0.25, 0.3) is 0 Å². The average Bonchev–Trinajstić information content (AvgIpc) is 2.34. The van der Waals surface area contributed by atoms with Crippen LogP contribution in [0.25, 0.3) is 0 Å². The molecule has 0 amide bonds. The normalized spacial score (nSPS) is 11.6. The van der Waals surface area contributed by atoms with E-state index in [1.54, 1.807) is 24.7 Å². The molecule has 0 aliphatic carbocycles. The van der Waals surface area contributed by atoms with E-state index >= 15 is 0 Å². The number of hydrogen-bond donors (Lipinski definition) is 1. The maximum Gasteiger partial charge on any atom is 0.310 e. The Labute approximate surface area is 77.2 Å². The smallest absolute Gasteiger partial charge is 0.310 e. The number of nitrogens with zero attached hydrogens (tertiary/aromatic N) is 2. The second-order valence-corrected chi connectivity index (χ2v) is 3.88. The zero-order chi connectivity index (χ0) is 10.1. The molecule has 0 unspecified atom stereocenters. The molecule has 0 aromatic carbocycles. The van der Waals surface area contributed by atoms with Gasteiger partial charge in [-0.1, -0.05) is 0 Å². The first-order valence-electron chi connectivity index (χ1n) is 4.13. The van der Waals surface area contributed by atoms with E-state index in [1.165, 1.54) is 0 Å². The molecule has 0 fully saturated rings. The molecule has 0 radical (unpaired) electrons. The van der Waals surface area contributed by atoms with Crippen molar-refractivity contribution in [2.24, 2.45) is 5.41 Å². The third-order valence-electron chi connectivity index (χ3n) is 1.92. The molecule has 1 rings (SSSR count). The molecule has 0 bridgehead atoms. The molecule has 13 heavy (non-hydrogen) atoms. The van der Waals surface area contributed by atoms with Crippen LogP contribution >= 0.6 is 0 Å². The fourth-order valence-electron chi connectivity index (χ4n) is 1.08. The van der Waals surface area contributed by atoms with Gasteiger partial charge in [0.2, 0.25) is 0 Å². The van der Waals surface area contributed by atoms with Crippen molar-refractivity contribution in [3.63, 3.8) is 0 Å². The van der Waals surface area contributed by atoms with Crippen molar-refractivity contribution in [2.75, 3.05) is 0 Å². The largest absolute Gasteiger partial charge is 0.481 e. The fraction of sp³-hybridized carbons (Fsp3) is 0.556. The standard InChI is InChI=1S/C9H14N2O2/c1-7-4-11(6-10-7)5-9(2,3)8(12)13/h4,6H,5H2,1-3H3,(H,12,13). The highest BCUT2D eigenvalue weighted by molar-refractivity contribution is 5.73. The van der Waals surface area contributed by atoms with Gasteiger partial charge < -0.3 is 9.67 Å². The number of aliphatic carboxylic acids is 1. The Hall–Kier alpha value is -1.32. The van der Waals surface area contributed by atoms with Crippen molar-refractivity contribution in [3.8, 4) is 0 Å². The van der Waals surface area contributed by atoms with Gasteiger partial charge in [0, 0.05) is 12.7 Å². The van der Waals surface area contributed by atoms with Crippen LogP contribution in [0.5, 0.6) is 0 Å². The van der Waals surface area contributed by atoms with Crippen LogP contribution in [0.2, 0.25) is 0 Å². The molecule has 0 spiro atoms. The molecule has 1 aromatic heterocycles. The first-order valence-corrected chi connectivity index (χ1v) is 4.13.